The van der Waals surface area contributed by atoms with Crippen LogP contribution in [0.3, 0.4) is 0 Å². The molecule has 1 rings (SSSR count). The standard InChI is InChI=1S/C12H15BrClNO/c1-7(2)11(13)12(16)15-10-6-9(14)5-4-8(10)3/h4-7,11H,1-3H3,(H,15,16). The van der Waals surface area contributed by atoms with E-state index in [0.29, 0.717) is 5.02 Å². The Hall–Kier alpha value is -0.540. The Morgan fingerprint density at radius 2 is 2.06 bits per heavy atom. The van der Waals surface area contributed by atoms with Gasteiger partial charge in [0.1, 0.15) is 0 Å². The van der Waals surface area contributed by atoms with Crippen molar-refractivity contribution in [3.63, 3.8) is 0 Å². The summed E-state index contributed by atoms with van der Waals surface area (Å²) in [5.41, 5.74) is 1.77. The van der Waals surface area contributed by atoms with Crippen LogP contribution in [0.5, 0.6) is 0 Å². The van der Waals surface area contributed by atoms with Crippen molar-refractivity contribution in [2.75, 3.05) is 5.32 Å². The minimum atomic E-state index is -0.189. The highest BCUT2D eigenvalue weighted by molar-refractivity contribution is 9.10. The Labute approximate surface area is 110 Å². The molecule has 0 aliphatic carbocycles. The lowest BCUT2D eigenvalue weighted by Gasteiger charge is -2.15. The fourth-order valence-corrected chi connectivity index (χ4v) is 1.52. The topological polar surface area (TPSA) is 29.1 Å². The van der Waals surface area contributed by atoms with Crippen molar-refractivity contribution < 1.29 is 4.79 Å². The largest absolute Gasteiger partial charge is 0.325 e. The molecular formula is C12H15BrClNO. The molecule has 16 heavy (non-hydrogen) atoms. The molecule has 4 heteroatoms. The first kappa shape index (κ1) is 13.5. The quantitative estimate of drug-likeness (QED) is 0.840. The number of halogens is 2. The molecule has 0 fully saturated rings. The number of hydrogen-bond acceptors (Lipinski definition) is 1. The van der Waals surface area contributed by atoms with E-state index in [9.17, 15) is 4.79 Å². The zero-order valence-corrected chi connectivity index (χ0v) is 11.9. The van der Waals surface area contributed by atoms with Crippen LogP contribution in [-0.4, -0.2) is 10.7 Å². The third-order valence-electron chi connectivity index (χ3n) is 2.29. The molecule has 1 atom stereocenters. The van der Waals surface area contributed by atoms with Crippen molar-refractivity contribution in [2.24, 2.45) is 5.92 Å². The van der Waals surface area contributed by atoms with Crippen molar-refractivity contribution in [3.05, 3.63) is 28.8 Å². The molecule has 1 aromatic rings. The fourth-order valence-electron chi connectivity index (χ4n) is 1.23. The molecule has 0 radical (unpaired) electrons. The Balaban J connectivity index is 2.80. The maximum absolute atomic E-state index is 11.8. The lowest BCUT2D eigenvalue weighted by molar-refractivity contribution is -0.116. The number of benzene rings is 1. The molecule has 0 saturated carbocycles. The van der Waals surface area contributed by atoms with Crippen LogP contribution in [0.4, 0.5) is 5.69 Å². The van der Waals surface area contributed by atoms with Gasteiger partial charge in [0.15, 0.2) is 0 Å². The highest BCUT2D eigenvalue weighted by Crippen LogP contribution is 2.22. The molecule has 0 aromatic heterocycles. The van der Waals surface area contributed by atoms with E-state index in [-0.39, 0.29) is 16.7 Å². The summed E-state index contributed by atoms with van der Waals surface area (Å²) in [6, 6.07) is 5.45. The molecule has 0 aliphatic rings. The number of aryl methyl sites for hydroxylation is 1. The third-order valence-corrected chi connectivity index (χ3v) is 4.00. The van der Waals surface area contributed by atoms with Gasteiger partial charge in [0.2, 0.25) is 5.91 Å². The minimum Gasteiger partial charge on any atom is -0.325 e. The SMILES string of the molecule is Cc1ccc(Cl)cc1NC(=O)C(Br)C(C)C. The lowest BCUT2D eigenvalue weighted by atomic mass is 10.1. The molecule has 1 unspecified atom stereocenters. The first-order valence-corrected chi connectivity index (χ1v) is 6.42. The maximum atomic E-state index is 11.8. The number of anilines is 1. The summed E-state index contributed by atoms with van der Waals surface area (Å²) in [7, 11) is 0. The minimum absolute atomic E-state index is 0.0413. The first-order chi connectivity index (χ1) is 7.41. The first-order valence-electron chi connectivity index (χ1n) is 5.13. The Morgan fingerprint density at radius 1 is 1.44 bits per heavy atom. The molecule has 1 aromatic carbocycles. The Bertz CT molecular complexity index is 393. The highest BCUT2D eigenvalue weighted by atomic mass is 79.9. The Morgan fingerprint density at radius 3 is 2.62 bits per heavy atom. The van der Waals surface area contributed by atoms with Gasteiger partial charge in [0.25, 0.3) is 0 Å². The smallest absolute Gasteiger partial charge is 0.238 e. The Kier molecular flexibility index (Phi) is 4.81. The number of amides is 1. The van der Waals surface area contributed by atoms with Crippen molar-refractivity contribution in [1.29, 1.82) is 0 Å². The van der Waals surface area contributed by atoms with Crippen LogP contribution in [0.25, 0.3) is 0 Å². The van der Waals surface area contributed by atoms with Crippen LogP contribution >= 0.6 is 27.5 Å². The summed E-state index contributed by atoms with van der Waals surface area (Å²) in [4.78, 5) is 11.6. The number of rotatable bonds is 3. The average Bonchev–Trinajstić information content (AvgIpc) is 2.22. The van der Waals surface area contributed by atoms with E-state index in [1.54, 1.807) is 12.1 Å². The summed E-state index contributed by atoms with van der Waals surface area (Å²) in [6.45, 7) is 5.91. The van der Waals surface area contributed by atoms with Crippen LogP contribution < -0.4 is 5.32 Å². The van der Waals surface area contributed by atoms with Gasteiger partial charge in [-0.15, -0.1) is 0 Å². The number of alkyl halides is 1. The molecule has 1 N–H and O–H groups in total. The summed E-state index contributed by atoms with van der Waals surface area (Å²) in [5, 5.41) is 3.48. The predicted molar refractivity (Wildman–Crippen MR) is 72.4 cm³/mol. The van der Waals surface area contributed by atoms with Gasteiger partial charge >= 0.3 is 0 Å². The van der Waals surface area contributed by atoms with E-state index in [2.05, 4.69) is 21.2 Å². The molecular weight excluding hydrogens is 289 g/mol. The van der Waals surface area contributed by atoms with Gasteiger partial charge in [-0.2, -0.15) is 0 Å². The van der Waals surface area contributed by atoms with Gasteiger partial charge in [-0.05, 0) is 30.5 Å². The fraction of sp³-hybridized carbons (Fsp3) is 0.417. The number of hydrogen-bond donors (Lipinski definition) is 1. The predicted octanol–water partition coefficient (Wildman–Crippen LogP) is 4.01. The van der Waals surface area contributed by atoms with Crippen molar-refractivity contribution >= 4 is 39.1 Å². The van der Waals surface area contributed by atoms with E-state index in [1.165, 1.54) is 0 Å². The molecule has 0 bridgehead atoms. The van der Waals surface area contributed by atoms with Gasteiger partial charge in [0.05, 0.1) is 4.83 Å². The third kappa shape index (κ3) is 3.49. The van der Waals surface area contributed by atoms with E-state index in [1.807, 2.05) is 26.8 Å². The summed E-state index contributed by atoms with van der Waals surface area (Å²) in [5.74, 6) is 0.208. The number of carbonyl (C=O) groups excluding carboxylic acids is 1. The molecule has 1 amide bonds. The van der Waals surface area contributed by atoms with Crippen molar-refractivity contribution in [3.8, 4) is 0 Å². The number of carbonyl (C=O) groups is 1. The van der Waals surface area contributed by atoms with Gasteiger partial charge in [-0.25, -0.2) is 0 Å². The molecule has 0 saturated heterocycles. The van der Waals surface area contributed by atoms with Gasteiger partial charge in [0, 0.05) is 10.7 Å². The van der Waals surface area contributed by atoms with Crippen molar-refractivity contribution in [2.45, 2.75) is 25.6 Å². The summed E-state index contributed by atoms with van der Waals surface area (Å²) < 4.78 is 0. The molecule has 0 spiro atoms. The summed E-state index contributed by atoms with van der Waals surface area (Å²) in [6.07, 6.45) is 0. The lowest BCUT2D eigenvalue weighted by Crippen LogP contribution is -2.27. The van der Waals surface area contributed by atoms with E-state index in [4.69, 9.17) is 11.6 Å². The highest BCUT2D eigenvalue weighted by Gasteiger charge is 2.19. The summed E-state index contributed by atoms with van der Waals surface area (Å²) >= 11 is 9.24. The average molecular weight is 305 g/mol. The second-order valence-corrected chi connectivity index (χ2v) is 5.52. The van der Waals surface area contributed by atoms with E-state index in [0.717, 1.165) is 11.3 Å². The van der Waals surface area contributed by atoms with Crippen LogP contribution in [0, 0.1) is 12.8 Å². The zero-order valence-electron chi connectivity index (χ0n) is 9.55. The molecule has 2 nitrogen and oxygen atoms in total. The monoisotopic (exact) mass is 303 g/mol. The normalized spacial score (nSPS) is 12.6. The van der Waals surface area contributed by atoms with Crippen LogP contribution in [0.2, 0.25) is 5.02 Å². The van der Waals surface area contributed by atoms with Crippen LogP contribution in [0.15, 0.2) is 18.2 Å². The van der Waals surface area contributed by atoms with Gasteiger partial charge < -0.3 is 5.32 Å². The zero-order chi connectivity index (χ0) is 12.3. The van der Waals surface area contributed by atoms with Crippen molar-refractivity contribution in [1.82, 2.24) is 0 Å². The number of nitrogens with one attached hydrogen (secondary N) is 1. The van der Waals surface area contributed by atoms with Crippen LogP contribution in [0.1, 0.15) is 19.4 Å². The van der Waals surface area contributed by atoms with E-state index < -0.39 is 0 Å². The maximum Gasteiger partial charge on any atom is 0.238 e. The van der Waals surface area contributed by atoms with Gasteiger partial charge in [-0.3, -0.25) is 4.79 Å². The molecule has 0 aliphatic heterocycles. The van der Waals surface area contributed by atoms with Gasteiger partial charge in [-0.1, -0.05) is 47.4 Å². The second kappa shape index (κ2) is 5.69. The van der Waals surface area contributed by atoms with E-state index >= 15 is 0 Å². The van der Waals surface area contributed by atoms with Crippen LogP contribution in [-0.2, 0) is 4.79 Å². The second-order valence-electron chi connectivity index (χ2n) is 4.09. The molecule has 88 valence electrons. The molecule has 0 heterocycles.